The largest absolute Gasteiger partial charge is 0.494 e. The first-order valence-electron chi connectivity index (χ1n) is 9.81. The third kappa shape index (κ3) is 4.92. The van der Waals surface area contributed by atoms with Gasteiger partial charge >= 0.3 is 6.03 Å². The Morgan fingerprint density at radius 1 is 1.13 bits per heavy atom. The number of rotatable bonds is 6. The molecule has 0 radical (unpaired) electrons. The molecule has 1 unspecified atom stereocenters. The van der Waals surface area contributed by atoms with Gasteiger partial charge in [-0.25, -0.2) is 4.79 Å². The number of ether oxygens (including phenoxy) is 2. The first-order valence-corrected chi connectivity index (χ1v) is 9.81. The minimum atomic E-state index is -0.353. The van der Waals surface area contributed by atoms with E-state index in [0.717, 1.165) is 17.7 Å². The predicted molar refractivity (Wildman–Crippen MR) is 117 cm³/mol. The van der Waals surface area contributed by atoms with Crippen LogP contribution in [0.1, 0.15) is 15.9 Å². The number of nitrogens with zero attached hydrogens (tertiary/aromatic N) is 1. The molecule has 1 aromatic heterocycles. The summed E-state index contributed by atoms with van der Waals surface area (Å²) in [6.45, 7) is 0.386. The van der Waals surface area contributed by atoms with Gasteiger partial charge in [0.05, 0.1) is 24.9 Å². The highest BCUT2D eigenvalue weighted by molar-refractivity contribution is 6.05. The molecule has 0 spiro atoms. The summed E-state index contributed by atoms with van der Waals surface area (Å²) >= 11 is 0. The molecule has 2 heterocycles. The molecular formula is C23H22N4O4. The Morgan fingerprint density at radius 3 is 2.77 bits per heavy atom. The molecule has 158 valence electrons. The summed E-state index contributed by atoms with van der Waals surface area (Å²) in [5.74, 6) is 0.982. The fourth-order valence-electron chi connectivity index (χ4n) is 3.31. The van der Waals surface area contributed by atoms with E-state index in [2.05, 4.69) is 20.9 Å². The van der Waals surface area contributed by atoms with Gasteiger partial charge in [0.25, 0.3) is 5.91 Å². The van der Waals surface area contributed by atoms with E-state index in [0.29, 0.717) is 29.2 Å². The number of hydrogen-bond donors (Lipinski definition) is 3. The average Bonchev–Trinajstić information content (AvgIpc) is 3.22. The Hall–Kier alpha value is -4.07. The molecule has 31 heavy (non-hydrogen) atoms. The third-order valence-corrected chi connectivity index (χ3v) is 4.84. The number of urea groups is 1. The number of anilines is 2. The second-order valence-electron chi connectivity index (χ2n) is 7.00. The molecule has 3 amide bonds. The van der Waals surface area contributed by atoms with Crippen LogP contribution in [-0.2, 0) is 6.42 Å². The van der Waals surface area contributed by atoms with Gasteiger partial charge in [0.2, 0.25) is 0 Å². The van der Waals surface area contributed by atoms with E-state index in [1.54, 1.807) is 36.5 Å². The van der Waals surface area contributed by atoms with Gasteiger partial charge in [0.15, 0.2) is 0 Å². The number of carbonyl (C=O) groups excluding carboxylic acids is 2. The summed E-state index contributed by atoms with van der Waals surface area (Å²) in [5.41, 5.74) is 2.59. The fourth-order valence-corrected chi connectivity index (χ4v) is 3.31. The summed E-state index contributed by atoms with van der Waals surface area (Å²) in [6, 6.07) is 15.8. The first-order chi connectivity index (χ1) is 15.1. The van der Waals surface area contributed by atoms with E-state index in [-0.39, 0.29) is 18.0 Å². The normalized spacial score (nSPS) is 14.2. The average molecular weight is 418 g/mol. The number of benzene rings is 2. The van der Waals surface area contributed by atoms with Crippen molar-refractivity contribution in [2.75, 3.05) is 24.3 Å². The van der Waals surface area contributed by atoms with Crippen molar-refractivity contribution in [1.82, 2.24) is 10.3 Å². The quantitative estimate of drug-likeness (QED) is 0.569. The Kier molecular flexibility index (Phi) is 5.98. The second kappa shape index (κ2) is 9.17. The van der Waals surface area contributed by atoms with Crippen LogP contribution in [0.5, 0.6) is 11.5 Å². The molecule has 0 bridgehead atoms. The van der Waals surface area contributed by atoms with Crippen LogP contribution in [0.25, 0.3) is 0 Å². The Bertz CT molecular complexity index is 1060. The Balaban J connectivity index is 1.32. The maximum absolute atomic E-state index is 12.3. The number of carbonyl (C=O) groups is 2. The van der Waals surface area contributed by atoms with Crippen LogP contribution in [0.15, 0.2) is 67.0 Å². The topological polar surface area (TPSA) is 102 Å². The zero-order chi connectivity index (χ0) is 21.6. The van der Waals surface area contributed by atoms with Crippen LogP contribution < -0.4 is 25.4 Å². The van der Waals surface area contributed by atoms with Crippen LogP contribution in [0, 0.1) is 0 Å². The SMILES string of the molecule is COc1cc(NC(=O)NCC2Cc3ccccc3O2)ccc1NC(=O)c1cccnc1. The predicted octanol–water partition coefficient (Wildman–Crippen LogP) is 3.47. The molecule has 1 aliphatic rings. The van der Waals surface area contributed by atoms with E-state index in [9.17, 15) is 9.59 Å². The van der Waals surface area contributed by atoms with Gasteiger partial charge in [0, 0.05) is 30.6 Å². The van der Waals surface area contributed by atoms with Gasteiger partial charge in [-0.1, -0.05) is 18.2 Å². The molecule has 8 nitrogen and oxygen atoms in total. The van der Waals surface area contributed by atoms with Crippen molar-refractivity contribution >= 4 is 23.3 Å². The molecule has 1 aliphatic heterocycles. The summed E-state index contributed by atoms with van der Waals surface area (Å²) in [7, 11) is 1.49. The van der Waals surface area contributed by atoms with Gasteiger partial charge in [-0.15, -0.1) is 0 Å². The van der Waals surface area contributed by atoms with E-state index in [1.165, 1.54) is 13.3 Å². The lowest BCUT2D eigenvalue weighted by molar-refractivity contribution is 0.102. The van der Waals surface area contributed by atoms with Crippen molar-refractivity contribution in [3.05, 3.63) is 78.1 Å². The van der Waals surface area contributed by atoms with E-state index in [1.807, 2.05) is 24.3 Å². The van der Waals surface area contributed by atoms with Crippen LogP contribution in [0.3, 0.4) is 0 Å². The molecule has 0 fully saturated rings. The maximum atomic E-state index is 12.3. The van der Waals surface area contributed by atoms with Crippen molar-refractivity contribution < 1.29 is 19.1 Å². The number of pyridine rings is 1. The van der Waals surface area contributed by atoms with Gasteiger partial charge < -0.3 is 25.4 Å². The number of amides is 3. The van der Waals surface area contributed by atoms with Crippen LogP contribution >= 0.6 is 0 Å². The van der Waals surface area contributed by atoms with Gasteiger partial charge in [-0.05, 0) is 35.9 Å². The van der Waals surface area contributed by atoms with E-state index in [4.69, 9.17) is 9.47 Å². The number of nitrogens with one attached hydrogen (secondary N) is 3. The highest BCUT2D eigenvalue weighted by Gasteiger charge is 2.22. The van der Waals surface area contributed by atoms with Gasteiger partial charge in [0.1, 0.15) is 17.6 Å². The van der Waals surface area contributed by atoms with Crippen LogP contribution in [0.2, 0.25) is 0 Å². The smallest absolute Gasteiger partial charge is 0.319 e. The first kappa shape index (κ1) is 20.2. The van der Waals surface area contributed by atoms with Crippen molar-refractivity contribution in [3.63, 3.8) is 0 Å². The monoisotopic (exact) mass is 418 g/mol. The number of para-hydroxylation sites is 1. The molecule has 0 aliphatic carbocycles. The lowest BCUT2D eigenvalue weighted by atomic mass is 10.1. The Morgan fingerprint density at radius 2 is 2.00 bits per heavy atom. The number of aromatic nitrogens is 1. The lowest BCUT2D eigenvalue weighted by Gasteiger charge is -2.14. The summed E-state index contributed by atoms with van der Waals surface area (Å²) in [4.78, 5) is 28.6. The molecule has 0 saturated heterocycles. The number of hydrogen-bond acceptors (Lipinski definition) is 5. The van der Waals surface area contributed by atoms with E-state index >= 15 is 0 Å². The zero-order valence-electron chi connectivity index (χ0n) is 16.9. The molecule has 1 atom stereocenters. The number of methoxy groups -OCH3 is 1. The highest BCUT2D eigenvalue weighted by atomic mass is 16.5. The van der Waals surface area contributed by atoms with Crippen molar-refractivity contribution in [3.8, 4) is 11.5 Å². The molecule has 3 aromatic rings. The Labute approximate surface area is 179 Å². The van der Waals surface area contributed by atoms with Crippen molar-refractivity contribution in [2.24, 2.45) is 0 Å². The fraction of sp³-hybridized carbons (Fsp3) is 0.174. The standard InChI is InChI=1S/C23H22N4O4/c1-30-21-12-17(8-9-19(21)27-22(28)16-6-4-10-24-13-16)26-23(29)25-14-18-11-15-5-2-3-7-20(15)31-18/h2-10,12-13,18H,11,14H2,1H3,(H,27,28)(H2,25,26,29). The van der Waals surface area contributed by atoms with Crippen molar-refractivity contribution in [2.45, 2.75) is 12.5 Å². The molecule has 3 N–H and O–H groups in total. The summed E-state index contributed by atoms with van der Waals surface area (Å²) in [6.07, 6.45) is 3.74. The molecular weight excluding hydrogens is 396 g/mol. The summed E-state index contributed by atoms with van der Waals surface area (Å²) in [5, 5.41) is 8.37. The number of fused-ring (bicyclic) bond motifs is 1. The van der Waals surface area contributed by atoms with Crippen LogP contribution in [-0.4, -0.2) is 36.7 Å². The lowest BCUT2D eigenvalue weighted by Crippen LogP contribution is -2.37. The maximum Gasteiger partial charge on any atom is 0.319 e. The summed E-state index contributed by atoms with van der Waals surface area (Å²) < 4.78 is 11.2. The third-order valence-electron chi connectivity index (χ3n) is 4.84. The molecule has 0 saturated carbocycles. The zero-order valence-corrected chi connectivity index (χ0v) is 16.9. The van der Waals surface area contributed by atoms with Gasteiger partial charge in [-0.2, -0.15) is 0 Å². The molecule has 4 rings (SSSR count). The minimum absolute atomic E-state index is 0.0947. The second-order valence-corrected chi connectivity index (χ2v) is 7.00. The highest BCUT2D eigenvalue weighted by Crippen LogP contribution is 2.29. The minimum Gasteiger partial charge on any atom is -0.494 e. The van der Waals surface area contributed by atoms with Crippen molar-refractivity contribution in [1.29, 1.82) is 0 Å². The van der Waals surface area contributed by atoms with Crippen LogP contribution in [0.4, 0.5) is 16.2 Å². The molecule has 8 heteroatoms. The van der Waals surface area contributed by atoms with E-state index < -0.39 is 0 Å². The molecule has 2 aromatic carbocycles. The van der Waals surface area contributed by atoms with Gasteiger partial charge in [-0.3, -0.25) is 9.78 Å².